The minimum atomic E-state index is -3.48. The molecule has 0 aromatic heterocycles. The van der Waals surface area contributed by atoms with Gasteiger partial charge in [0.2, 0.25) is 10.0 Å². The summed E-state index contributed by atoms with van der Waals surface area (Å²) < 4.78 is 37.8. The predicted octanol–water partition coefficient (Wildman–Crippen LogP) is 2.33. The fraction of sp³-hybridized carbons (Fsp3) is 0.667. The Hall–Kier alpha value is -1.31. The Morgan fingerprint density at radius 1 is 1.36 bits per heavy atom. The summed E-state index contributed by atoms with van der Waals surface area (Å²) in [6.07, 6.45) is 1.40. The predicted molar refractivity (Wildman–Crippen MR) is 95.3 cm³/mol. The summed E-state index contributed by atoms with van der Waals surface area (Å²) in [5.74, 6) is 1.85. The van der Waals surface area contributed by atoms with Crippen LogP contribution >= 0.6 is 0 Å². The van der Waals surface area contributed by atoms with Gasteiger partial charge in [-0.25, -0.2) is 8.42 Å². The molecular formula is C18H27NO5S. The lowest BCUT2D eigenvalue weighted by Crippen LogP contribution is -2.54. The molecule has 0 saturated heterocycles. The molecule has 2 atom stereocenters. The van der Waals surface area contributed by atoms with Crippen molar-refractivity contribution in [2.24, 2.45) is 5.92 Å². The molecule has 0 radical (unpaired) electrons. The van der Waals surface area contributed by atoms with Gasteiger partial charge in [-0.05, 0) is 57.7 Å². The highest BCUT2D eigenvalue weighted by atomic mass is 32.2. The van der Waals surface area contributed by atoms with Gasteiger partial charge in [-0.2, -0.15) is 4.31 Å². The van der Waals surface area contributed by atoms with E-state index in [9.17, 15) is 13.5 Å². The van der Waals surface area contributed by atoms with Gasteiger partial charge in [0.25, 0.3) is 0 Å². The highest BCUT2D eigenvalue weighted by Crippen LogP contribution is 2.44. The maximum absolute atomic E-state index is 12.4. The standard InChI is InChI=1S/C18H27NO5S/c1-5-25(21,22)19(4)16-14-10-13(23-11-12-6-7-12)8-9-15(14)24-18(2,3)17(16)20/h8-10,12,16-17,20H,5-7,11H2,1-4H3/t16-,17+/m0/s1. The number of ether oxygens (including phenoxy) is 2. The third-order valence-electron chi connectivity index (χ3n) is 5.06. The maximum atomic E-state index is 12.4. The number of aliphatic hydroxyl groups is 1. The Bertz CT molecular complexity index is 742. The maximum Gasteiger partial charge on any atom is 0.214 e. The second kappa shape index (κ2) is 6.45. The molecule has 0 amide bonds. The molecule has 1 heterocycles. The monoisotopic (exact) mass is 369 g/mol. The van der Waals surface area contributed by atoms with Crippen molar-refractivity contribution in [3.63, 3.8) is 0 Å². The first-order chi connectivity index (χ1) is 11.7. The van der Waals surface area contributed by atoms with Crippen LogP contribution in [0.5, 0.6) is 11.5 Å². The molecule has 1 aromatic carbocycles. The summed E-state index contributed by atoms with van der Waals surface area (Å²) in [5.41, 5.74) is -0.259. The largest absolute Gasteiger partial charge is 0.493 e. The van der Waals surface area contributed by atoms with E-state index in [4.69, 9.17) is 9.47 Å². The van der Waals surface area contributed by atoms with Crippen molar-refractivity contribution in [1.82, 2.24) is 4.31 Å². The van der Waals surface area contributed by atoms with Crippen LogP contribution in [-0.4, -0.2) is 48.9 Å². The summed E-state index contributed by atoms with van der Waals surface area (Å²) in [6.45, 7) is 5.79. The number of rotatable bonds is 6. The van der Waals surface area contributed by atoms with Gasteiger partial charge in [0.05, 0.1) is 18.4 Å². The summed E-state index contributed by atoms with van der Waals surface area (Å²) in [5, 5.41) is 10.8. The first kappa shape index (κ1) is 18.5. The molecule has 25 heavy (non-hydrogen) atoms. The molecule has 1 saturated carbocycles. The second-order valence-electron chi connectivity index (χ2n) is 7.47. The third-order valence-corrected chi connectivity index (χ3v) is 6.90. The molecule has 1 N–H and O–H groups in total. The van der Waals surface area contributed by atoms with E-state index in [1.165, 1.54) is 24.2 Å². The lowest BCUT2D eigenvalue weighted by atomic mass is 9.86. The third kappa shape index (κ3) is 3.64. The molecule has 3 rings (SSSR count). The summed E-state index contributed by atoms with van der Waals surface area (Å²) in [4.78, 5) is 0. The molecular weight excluding hydrogens is 342 g/mol. The van der Waals surface area contributed by atoms with Crippen molar-refractivity contribution in [3.8, 4) is 11.5 Å². The van der Waals surface area contributed by atoms with E-state index >= 15 is 0 Å². The lowest BCUT2D eigenvalue weighted by molar-refractivity contribution is -0.0764. The lowest BCUT2D eigenvalue weighted by Gasteiger charge is -2.44. The number of fused-ring (bicyclic) bond motifs is 1. The number of hydrogen-bond donors (Lipinski definition) is 1. The Balaban J connectivity index is 1.99. The second-order valence-corrected chi connectivity index (χ2v) is 9.78. The Labute approximate surface area is 149 Å². The van der Waals surface area contributed by atoms with Gasteiger partial charge in [-0.3, -0.25) is 0 Å². The molecule has 1 fully saturated rings. The van der Waals surface area contributed by atoms with Crippen LogP contribution in [0, 0.1) is 5.92 Å². The smallest absolute Gasteiger partial charge is 0.214 e. The van der Waals surface area contributed by atoms with E-state index in [0.29, 0.717) is 29.6 Å². The van der Waals surface area contributed by atoms with Gasteiger partial charge >= 0.3 is 0 Å². The van der Waals surface area contributed by atoms with Crippen molar-refractivity contribution in [3.05, 3.63) is 23.8 Å². The van der Waals surface area contributed by atoms with Gasteiger partial charge in [0.15, 0.2) is 0 Å². The topological polar surface area (TPSA) is 76.1 Å². The SMILES string of the molecule is CCS(=O)(=O)N(C)[C@H]1c2cc(OCC3CC3)ccc2OC(C)(C)[C@@H]1O. The van der Waals surface area contributed by atoms with Crippen molar-refractivity contribution in [1.29, 1.82) is 0 Å². The number of benzene rings is 1. The first-order valence-corrected chi connectivity index (χ1v) is 10.4. The molecule has 1 aliphatic carbocycles. The zero-order chi connectivity index (χ0) is 18.4. The van der Waals surface area contributed by atoms with E-state index in [1.807, 2.05) is 6.07 Å². The molecule has 7 heteroatoms. The van der Waals surface area contributed by atoms with Gasteiger partial charge in [-0.15, -0.1) is 0 Å². The summed E-state index contributed by atoms with van der Waals surface area (Å²) in [7, 11) is -1.97. The van der Waals surface area contributed by atoms with Gasteiger partial charge < -0.3 is 14.6 Å². The number of aliphatic hydroxyl groups excluding tert-OH is 1. The van der Waals surface area contributed by atoms with Crippen LogP contribution in [0.4, 0.5) is 0 Å². The van der Waals surface area contributed by atoms with Crippen molar-refractivity contribution in [2.45, 2.75) is 51.4 Å². The van der Waals surface area contributed by atoms with E-state index in [0.717, 1.165) is 0 Å². The van der Waals surface area contributed by atoms with Crippen molar-refractivity contribution in [2.75, 3.05) is 19.4 Å². The van der Waals surface area contributed by atoms with Gasteiger partial charge in [-0.1, -0.05) is 0 Å². The molecule has 0 spiro atoms. The zero-order valence-corrected chi connectivity index (χ0v) is 16.0. The van der Waals surface area contributed by atoms with E-state index in [2.05, 4.69) is 0 Å². The van der Waals surface area contributed by atoms with Crippen LogP contribution in [0.2, 0.25) is 0 Å². The Morgan fingerprint density at radius 3 is 2.64 bits per heavy atom. The number of nitrogens with zero attached hydrogens (tertiary/aromatic N) is 1. The van der Waals surface area contributed by atoms with E-state index in [-0.39, 0.29) is 5.75 Å². The molecule has 1 aliphatic heterocycles. The van der Waals surface area contributed by atoms with Gasteiger partial charge in [0, 0.05) is 12.6 Å². The molecule has 0 bridgehead atoms. The first-order valence-electron chi connectivity index (χ1n) is 8.75. The average molecular weight is 369 g/mol. The van der Waals surface area contributed by atoms with Crippen LogP contribution < -0.4 is 9.47 Å². The van der Waals surface area contributed by atoms with Crippen molar-refractivity contribution < 1.29 is 23.0 Å². The Morgan fingerprint density at radius 2 is 2.04 bits per heavy atom. The van der Waals surface area contributed by atoms with Crippen LogP contribution in [0.25, 0.3) is 0 Å². The van der Waals surface area contributed by atoms with E-state index in [1.54, 1.807) is 32.9 Å². The fourth-order valence-electron chi connectivity index (χ4n) is 3.10. The van der Waals surface area contributed by atoms with E-state index < -0.39 is 27.8 Å². The highest BCUT2D eigenvalue weighted by molar-refractivity contribution is 7.89. The van der Waals surface area contributed by atoms with Crippen molar-refractivity contribution >= 4 is 10.0 Å². The molecule has 6 nitrogen and oxygen atoms in total. The highest BCUT2D eigenvalue weighted by Gasteiger charge is 2.47. The fourth-order valence-corrected chi connectivity index (χ4v) is 4.09. The number of hydrogen-bond acceptors (Lipinski definition) is 5. The van der Waals surface area contributed by atoms with Gasteiger partial charge in [0.1, 0.15) is 23.2 Å². The molecule has 1 aromatic rings. The minimum Gasteiger partial charge on any atom is -0.493 e. The Kier molecular flexibility index (Phi) is 4.77. The van der Waals surface area contributed by atoms with Crippen LogP contribution in [0.3, 0.4) is 0 Å². The summed E-state index contributed by atoms with van der Waals surface area (Å²) >= 11 is 0. The van der Waals surface area contributed by atoms with Crippen LogP contribution in [0.15, 0.2) is 18.2 Å². The summed E-state index contributed by atoms with van der Waals surface area (Å²) in [6, 6.07) is 4.71. The van der Waals surface area contributed by atoms with Crippen LogP contribution in [-0.2, 0) is 10.0 Å². The number of sulfonamides is 1. The normalized spacial score (nSPS) is 25.4. The number of likely N-dealkylation sites (N-methyl/N-ethyl adjacent to an activating group) is 1. The minimum absolute atomic E-state index is 0.0266. The molecule has 2 aliphatic rings. The quantitative estimate of drug-likeness (QED) is 0.833. The average Bonchev–Trinajstić information content (AvgIpc) is 3.38. The molecule has 140 valence electrons. The zero-order valence-electron chi connectivity index (χ0n) is 15.2. The van der Waals surface area contributed by atoms with Crippen LogP contribution in [0.1, 0.15) is 45.2 Å². The molecule has 0 unspecified atom stereocenters.